The summed E-state index contributed by atoms with van der Waals surface area (Å²) in [5, 5.41) is 21.8. The van der Waals surface area contributed by atoms with Crippen molar-refractivity contribution in [2.24, 2.45) is 0 Å². The van der Waals surface area contributed by atoms with Crippen LogP contribution in [0, 0.1) is 0 Å². The lowest BCUT2D eigenvalue weighted by Crippen LogP contribution is -2.38. The molecule has 6 heteroatoms. The van der Waals surface area contributed by atoms with E-state index in [4.69, 9.17) is 5.11 Å². The summed E-state index contributed by atoms with van der Waals surface area (Å²) in [7, 11) is 1.56. The molecule has 1 aromatic heterocycles. The first-order chi connectivity index (χ1) is 9.10. The molecule has 0 fully saturated rings. The van der Waals surface area contributed by atoms with Crippen LogP contribution < -0.4 is 5.32 Å². The van der Waals surface area contributed by atoms with E-state index in [1.54, 1.807) is 13.1 Å². The number of aromatic nitrogens is 1. The zero-order valence-corrected chi connectivity index (χ0v) is 10.6. The molecule has 0 aliphatic heterocycles. The standard InChI is InChI=1S/C13H17N3O3/c1-16(7-11(18)8-17)13(19)15-10-2-3-12-9(6-10)4-5-14-12/h2-6,11,14,17-18H,7-8H2,1H3,(H,15,19)/t11-/m0/s1. The van der Waals surface area contributed by atoms with Crippen molar-refractivity contribution in [2.45, 2.75) is 6.10 Å². The topological polar surface area (TPSA) is 88.6 Å². The van der Waals surface area contributed by atoms with Crippen molar-refractivity contribution in [3.05, 3.63) is 30.5 Å². The number of likely N-dealkylation sites (N-methyl/N-ethyl adjacent to an activating group) is 1. The van der Waals surface area contributed by atoms with Crippen LogP contribution in [0.15, 0.2) is 30.5 Å². The fourth-order valence-electron chi connectivity index (χ4n) is 1.81. The Morgan fingerprint density at radius 2 is 2.26 bits per heavy atom. The molecule has 0 saturated carbocycles. The average molecular weight is 263 g/mol. The molecule has 1 atom stereocenters. The first kappa shape index (κ1) is 13.4. The number of aromatic amines is 1. The third-order valence-corrected chi connectivity index (χ3v) is 2.85. The monoisotopic (exact) mass is 263 g/mol. The van der Waals surface area contributed by atoms with Gasteiger partial charge in [0.25, 0.3) is 0 Å². The second kappa shape index (κ2) is 5.73. The molecular weight excluding hydrogens is 246 g/mol. The van der Waals surface area contributed by atoms with Crippen molar-refractivity contribution in [1.82, 2.24) is 9.88 Å². The maximum Gasteiger partial charge on any atom is 0.321 e. The largest absolute Gasteiger partial charge is 0.394 e. The molecule has 0 bridgehead atoms. The Hall–Kier alpha value is -2.05. The van der Waals surface area contributed by atoms with Crippen LogP contribution >= 0.6 is 0 Å². The van der Waals surface area contributed by atoms with Crippen molar-refractivity contribution in [3.63, 3.8) is 0 Å². The highest BCUT2D eigenvalue weighted by molar-refractivity contribution is 5.92. The summed E-state index contributed by atoms with van der Waals surface area (Å²) in [5.41, 5.74) is 1.68. The van der Waals surface area contributed by atoms with Crippen LogP contribution in [0.3, 0.4) is 0 Å². The zero-order chi connectivity index (χ0) is 13.8. The Morgan fingerprint density at radius 3 is 3.00 bits per heavy atom. The highest BCUT2D eigenvalue weighted by Crippen LogP contribution is 2.17. The maximum atomic E-state index is 11.9. The summed E-state index contributed by atoms with van der Waals surface area (Å²) >= 11 is 0. The number of aliphatic hydroxyl groups is 2. The number of carbonyl (C=O) groups excluding carboxylic acids is 1. The van der Waals surface area contributed by atoms with E-state index in [-0.39, 0.29) is 19.2 Å². The number of rotatable bonds is 4. The van der Waals surface area contributed by atoms with Crippen LogP contribution in [0.2, 0.25) is 0 Å². The van der Waals surface area contributed by atoms with E-state index >= 15 is 0 Å². The quantitative estimate of drug-likeness (QED) is 0.663. The number of amides is 2. The second-order valence-electron chi connectivity index (χ2n) is 4.43. The predicted molar refractivity (Wildman–Crippen MR) is 73.0 cm³/mol. The van der Waals surface area contributed by atoms with E-state index in [1.165, 1.54) is 4.90 Å². The van der Waals surface area contributed by atoms with Gasteiger partial charge in [-0.25, -0.2) is 4.79 Å². The SMILES string of the molecule is CN(C[C@H](O)CO)C(=O)Nc1ccc2[nH]ccc2c1. The van der Waals surface area contributed by atoms with Crippen LogP contribution in [0.25, 0.3) is 10.9 Å². The Kier molecular flexibility index (Phi) is 4.03. The minimum atomic E-state index is -0.928. The van der Waals surface area contributed by atoms with E-state index in [9.17, 15) is 9.90 Å². The first-order valence-corrected chi connectivity index (χ1v) is 5.98. The lowest BCUT2D eigenvalue weighted by Gasteiger charge is -2.20. The van der Waals surface area contributed by atoms with E-state index < -0.39 is 6.10 Å². The summed E-state index contributed by atoms with van der Waals surface area (Å²) in [4.78, 5) is 16.2. The minimum absolute atomic E-state index is 0.0781. The number of aliphatic hydroxyl groups excluding tert-OH is 2. The van der Waals surface area contributed by atoms with Gasteiger partial charge in [0.1, 0.15) is 0 Å². The first-order valence-electron chi connectivity index (χ1n) is 5.98. The van der Waals surface area contributed by atoms with Crippen molar-refractivity contribution in [3.8, 4) is 0 Å². The molecule has 1 aromatic carbocycles. The molecule has 0 radical (unpaired) electrons. The molecule has 0 spiro atoms. The Labute approximate surface area is 110 Å². The van der Waals surface area contributed by atoms with Crippen LogP contribution in [-0.2, 0) is 0 Å². The van der Waals surface area contributed by atoms with E-state index in [1.807, 2.05) is 24.4 Å². The number of benzene rings is 1. The predicted octanol–water partition coefficient (Wildman–Crippen LogP) is 0.985. The van der Waals surface area contributed by atoms with Gasteiger partial charge in [-0.05, 0) is 24.3 Å². The van der Waals surface area contributed by atoms with Gasteiger partial charge in [0.2, 0.25) is 0 Å². The van der Waals surface area contributed by atoms with Gasteiger partial charge in [0, 0.05) is 29.8 Å². The third kappa shape index (κ3) is 3.24. The van der Waals surface area contributed by atoms with Gasteiger partial charge in [-0.15, -0.1) is 0 Å². The third-order valence-electron chi connectivity index (χ3n) is 2.85. The van der Waals surface area contributed by atoms with E-state index in [0.29, 0.717) is 5.69 Å². The number of urea groups is 1. The number of H-pyrrole nitrogens is 1. The Bertz CT molecular complexity index is 567. The lowest BCUT2D eigenvalue weighted by atomic mass is 10.2. The number of hydrogen-bond acceptors (Lipinski definition) is 3. The van der Waals surface area contributed by atoms with Crippen LogP contribution in [0.1, 0.15) is 0 Å². The Balaban J connectivity index is 2.01. The molecule has 19 heavy (non-hydrogen) atoms. The van der Waals surface area contributed by atoms with Gasteiger partial charge in [-0.2, -0.15) is 0 Å². The summed E-state index contributed by atoms with van der Waals surface area (Å²) in [6.07, 6.45) is 0.905. The number of anilines is 1. The van der Waals surface area contributed by atoms with Crippen molar-refractivity contribution in [1.29, 1.82) is 0 Å². The number of hydrogen-bond donors (Lipinski definition) is 4. The zero-order valence-electron chi connectivity index (χ0n) is 10.6. The summed E-state index contributed by atoms with van der Waals surface area (Å²) in [5.74, 6) is 0. The molecular formula is C13H17N3O3. The van der Waals surface area contributed by atoms with Crippen LogP contribution in [-0.4, -0.2) is 52.4 Å². The average Bonchev–Trinajstić information content (AvgIpc) is 2.85. The van der Waals surface area contributed by atoms with Gasteiger partial charge in [-0.1, -0.05) is 0 Å². The maximum absolute atomic E-state index is 11.9. The van der Waals surface area contributed by atoms with E-state index in [0.717, 1.165) is 10.9 Å². The molecule has 2 amide bonds. The number of nitrogens with one attached hydrogen (secondary N) is 2. The second-order valence-corrected chi connectivity index (χ2v) is 4.43. The molecule has 2 rings (SSSR count). The molecule has 6 nitrogen and oxygen atoms in total. The number of fused-ring (bicyclic) bond motifs is 1. The van der Waals surface area contributed by atoms with Gasteiger partial charge in [-0.3, -0.25) is 0 Å². The molecule has 0 saturated heterocycles. The van der Waals surface area contributed by atoms with Gasteiger partial charge in [0.15, 0.2) is 0 Å². The van der Waals surface area contributed by atoms with Gasteiger partial charge in [0.05, 0.1) is 19.3 Å². The Morgan fingerprint density at radius 1 is 1.47 bits per heavy atom. The molecule has 1 heterocycles. The number of nitrogens with zero attached hydrogens (tertiary/aromatic N) is 1. The molecule has 2 aromatic rings. The highest BCUT2D eigenvalue weighted by atomic mass is 16.3. The fraction of sp³-hybridized carbons (Fsp3) is 0.308. The fourth-order valence-corrected chi connectivity index (χ4v) is 1.81. The summed E-state index contributed by atoms with van der Waals surface area (Å²) in [6, 6.07) is 7.13. The lowest BCUT2D eigenvalue weighted by molar-refractivity contribution is 0.0750. The van der Waals surface area contributed by atoms with Crippen LogP contribution in [0.5, 0.6) is 0 Å². The summed E-state index contributed by atoms with van der Waals surface area (Å²) < 4.78 is 0. The normalized spacial score (nSPS) is 12.4. The summed E-state index contributed by atoms with van der Waals surface area (Å²) in [6.45, 7) is -0.290. The van der Waals surface area contributed by atoms with Gasteiger partial charge >= 0.3 is 6.03 Å². The molecule has 0 unspecified atom stereocenters. The van der Waals surface area contributed by atoms with Gasteiger partial charge < -0.3 is 25.4 Å². The molecule has 0 aliphatic rings. The molecule has 4 N–H and O–H groups in total. The van der Waals surface area contributed by atoms with E-state index in [2.05, 4.69) is 10.3 Å². The van der Waals surface area contributed by atoms with Crippen LogP contribution in [0.4, 0.5) is 10.5 Å². The van der Waals surface area contributed by atoms with Crippen molar-refractivity contribution in [2.75, 3.05) is 25.5 Å². The smallest absolute Gasteiger partial charge is 0.321 e. The molecule has 102 valence electrons. The molecule has 0 aliphatic carbocycles. The highest BCUT2D eigenvalue weighted by Gasteiger charge is 2.13. The van der Waals surface area contributed by atoms with Crippen molar-refractivity contribution >= 4 is 22.6 Å². The minimum Gasteiger partial charge on any atom is -0.394 e. The number of carbonyl (C=O) groups is 1. The van der Waals surface area contributed by atoms with Crippen molar-refractivity contribution < 1.29 is 15.0 Å².